The summed E-state index contributed by atoms with van der Waals surface area (Å²) in [5.41, 5.74) is 3.69. The Morgan fingerprint density at radius 3 is 2.27 bits per heavy atom. The van der Waals surface area contributed by atoms with E-state index in [0.29, 0.717) is 16.4 Å². The fraction of sp³-hybridized carbons (Fsp3) is 0.0455. The van der Waals surface area contributed by atoms with Crippen molar-refractivity contribution in [2.45, 2.75) is 4.90 Å². The van der Waals surface area contributed by atoms with Gasteiger partial charge in [0.25, 0.3) is 10.0 Å². The maximum Gasteiger partial charge on any atom is 0.276 e. The van der Waals surface area contributed by atoms with Crippen LogP contribution >= 0.6 is 11.6 Å². The quantitative estimate of drug-likeness (QED) is 0.451. The molecule has 0 unspecified atom stereocenters. The number of para-hydroxylation sites is 1. The van der Waals surface area contributed by atoms with Crippen LogP contribution in [0.5, 0.6) is 0 Å². The van der Waals surface area contributed by atoms with E-state index in [2.05, 4.69) is 15.2 Å². The Hall–Kier alpha value is -3.29. The summed E-state index contributed by atoms with van der Waals surface area (Å²) in [6.45, 7) is 0. The van der Waals surface area contributed by atoms with Crippen LogP contribution in [0.4, 0.5) is 5.69 Å². The molecule has 152 valence electrons. The zero-order valence-corrected chi connectivity index (χ0v) is 17.7. The molecule has 2 N–H and O–H groups in total. The van der Waals surface area contributed by atoms with E-state index in [1.165, 1.54) is 16.9 Å². The van der Waals surface area contributed by atoms with E-state index in [0.717, 1.165) is 16.8 Å². The molecule has 4 aromatic rings. The van der Waals surface area contributed by atoms with Crippen LogP contribution in [0.25, 0.3) is 22.5 Å². The van der Waals surface area contributed by atoms with Gasteiger partial charge in [-0.3, -0.25) is 0 Å². The van der Waals surface area contributed by atoms with Gasteiger partial charge in [0.2, 0.25) is 0 Å². The second kappa shape index (κ2) is 8.22. The van der Waals surface area contributed by atoms with Crippen molar-refractivity contribution in [2.75, 3.05) is 17.2 Å². The molecule has 0 saturated carbocycles. The van der Waals surface area contributed by atoms with Crippen molar-refractivity contribution in [1.82, 2.24) is 9.89 Å². The minimum Gasteiger partial charge on any atom is -0.388 e. The maximum atomic E-state index is 12.9. The van der Waals surface area contributed by atoms with Gasteiger partial charge < -0.3 is 5.32 Å². The average molecular weight is 439 g/mol. The predicted octanol–water partition coefficient (Wildman–Crippen LogP) is 4.84. The summed E-state index contributed by atoms with van der Waals surface area (Å²) in [6, 6.07) is 24.9. The van der Waals surface area contributed by atoms with E-state index in [-0.39, 0.29) is 4.90 Å². The first-order valence-corrected chi connectivity index (χ1v) is 11.0. The standard InChI is InChI=1S/C22H19ClN4O2S/c1-24-20-10-6-5-9-19(20)22-15-21(16-11-13-17(23)14-12-16)25-27(22)26-30(28,29)18-7-3-2-4-8-18/h2-15,24,26H,1H3. The van der Waals surface area contributed by atoms with Crippen LogP contribution in [-0.4, -0.2) is 25.4 Å². The molecule has 0 bridgehead atoms. The highest BCUT2D eigenvalue weighted by Crippen LogP contribution is 2.31. The number of aromatic nitrogens is 2. The Morgan fingerprint density at radius 1 is 0.900 bits per heavy atom. The van der Waals surface area contributed by atoms with Crippen molar-refractivity contribution in [3.63, 3.8) is 0 Å². The molecule has 8 heteroatoms. The Bertz CT molecular complexity index is 1270. The first-order chi connectivity index (χ1) is 14.5. The van der Waals surface area contributed by atoms with Gasteiger partial charge in [-0.2, -0.15) is 23.1 Å². The fourth-order valence-corrected chi connectivity index (χ4v) is 4.21. The number of hydrogen-bond acceptors (Lipinski definition) is 4. The first-order valence-electron chi connectivity index (χ1n) is 9.19. The smallest absolute Gasteiger partial charge is 0.276 e. The third-order valence-electron chi connectivity index (χ3n) is 4.58. The van der Waals surface area contributed by atoms with E-state index in [9.17, 15) is 8.42 Å². The summed E-state index contributed by atoms with van der Waals surface area (Å²) in [5.74, 6) is 0. The fourth-order valence-electron chi connectivity index (χ4n) is 3.09. The largest absolute Gasteiger partial charge is 0.388 e. The Labute approximate surface area is 180 Å². The number of anilines is 1. The molecule has 0 aliphatic carbocycles. The molecule has 0 fully saturated rings. The Kier molecular flexibility index (Phi) is 5.48. The van der Waals surface area contributed by atoms with Crippen LogP contribution in [0.15, 0.2) is 89.8 Å². The van der Waals surface area contributed by atoms with Crippen molar-refractivity contribution >= 4 is 27.3 Å². The first kappa shape index (κ1) is 20.0. The molecule has 0 aliphatic heterocycles. The molecule has 0 radical (unpaired) electrons. The number of rotatable bonds is 6. The molecular weight excluding hydrogens is 420 g/mol. The van der Waals surface area contributed by atoms with E-state index >= 15 is 0 Å². The van der Waals surface area contributed by atoms with E-state index in [1.54, 1.807) is 30.3 Å². The molecule has 0 aliphatic rings. The lowest BCUT2D eigenvalue weighted by Gasteiger charge is -2.13. The van der Waals surface area contributed by atoms with E-state index in [1.807, 2.05) is 49.5 Å². The molecule has 1 aromatic heterocycles. The van der Waals surface area contributed by atoms with Crippen molar-refractivity contribution in [3.05, 3.63) is 90.0 Å². The molecular formula is C22H19ClN4O2S. The molecule has 0 spiro atoms. The monoisotopic (exact) mass is 438 g/mol. The summed E-state index contributed by atoms with van der Waals surface area (Å²) < 4.78 is 25.8. The normalized spacial score (nSPS) is 11.3. The van der Waals surface area contributed by atoms with Gasteiger partial charge in [-0.15, -0.1) is 0 Å². The minimum absolute atomic E-state index is 0.154. The number of halogens is 1. The van der Waals surface area contributed by atoms with E-state index in [4.69, 9.17) is 11.6 Å². The number of nitrogens with zero attached hydrogens (tertiary/aromatic N) is 2. The van der Waals surface area contributed by atoms with Gasteiger partial charge in [-0.05, 0) is 36.4 Å². The zero-order chi connectivity index (χ0) is 21.1. The van der Waals surface area contributed by atoms with Crippen LogP contribution in [0.3, 0.4) is 0 Å². The van der Waals surface area contributed by atoms with Crippen molar-refractivity contribution in [2.24, 2.45) is 0 Å². The van der Waals surface area contributed by atoms with Gasteiger partial charge in [0.05, 0.1) is 16.3 Å². The molecule has 0 saturated heterocycles. The highest BCUT2D eigenvalue weighted by Gasteiger charge is 2.20. The van der Waals surface area contributed by atoms with Crippen LogP contribution in [-0.2, 0) is 10.0 Å². The average Bonchev–Trinajstić information content (AvgIpc) is 3.17. The molecule has 4 rings (SSSR count). The van der Waals surface area contributed by atoms with Crippen molar-refractivity contribution in [1.29, 1.82) is 0 Å². The third-order valence-corrected chi connectivity index (χ3v) is 6.14. The number of sulfonamides is 1. The third kappa shape index (κ3) is 4.03. The summed E-state index contributed by atoms with van der Waals surface area (Å²) in [4.78, 5) is 4.03. The molecule has 30 heavy (non-hydrogen) atoms. The van der Waals surface area contributed by atoms with Crippen molar-refractivity contribution < 1.29 is 8.42 Å². The Morgan fingerprint density at radius 2 is 1.57 bits per heavy atom. The summed E-state index contributed by atoms with van der Waals surface area (Å²) in [7, 11) is -2.02. The highest BCUT2D eigenvalue weighted by atomic mass is 35.5. The van der Waals surface area contributed by atoms with E-state index < -0.39 is 10.0 Å². The summed E-state index contributed by atoms with van der Waals surface area (Å²) in [6.07, 6.45) is 0. The lowest BCUT2D eigenvalue weighted by Crippen LogP contribution is -2.25. The van der Waals surface area contributed by atoms with Gasteiger partial charge in [0, 0.05) is 28.9 Å². The van der Waals surface area contributed by atoms with Gasteiger partial charge in [-0.1, -0.05) is 60.1 Å². The van der Waals surface area contributed by atoms with Crippen LogP contribution in [0, 0.1) is 0 Å². The minimum atomic E-state index is -3.83. The number of hydrogen-bond donors (Lipinski definition) is 2. The highest BCUT2D eigenvalue weighted by molar-refractivity contribution is 7.92. The number of nitrogens with one attached hydrogen (secondary N) is 2. The molecule has 0 atom stereocenters. The lowest BCUT2D eigenvalue weighted by molar-refractivity contribution is 0.592. The topological polar surface area (TPSA) is 76.0 Å². The second-order valence-electron chi connectivity index (χ2n) is 6.54. The van der Waals surface area contributed by atoms with Crippen LogP contribution < -0.4 is 10.1 Å². The van der Waals surface area contributed by atoms with Gasteiger partial charge >= 0.3 is 0 Å². The molecule has 1 heterocycles. The second-order valence-corrected chi connectivity index (χ2v) is 8.63. The molecule has 0 amide bonds. The maximum absolute atomic E-state index is 12.9. The number of benzene rings is 3. The SMILES string of the molecule is CNc1ccccc1-c1cc(-c2ccc(Cl)cc2)nn1NS(=O)(=O)c1ccccc1. The lowest BCUT2D eigenvalue weighted by atomic mass is 10.1. The zero-order valence-electron chi connectivity index (χ0n) is 16.1. The Balaban J connectivity index is 1.84. The molecule has 3 aromatic carbocycles. The van der Waals surface area contributed by atoms with Crippen molar-refractivity contribution in [3.8, 4) is 22.5 Å². The predicted molar refractivity (Wildman–Crippen MR) is 121 cm³/mol. The molecule has 6 nitrogen and oxygen atoms in total. The van der Waals surface area contributed by atoms with Crippen LogP contribution in [0.2, 0.25) is 5.02 Å². The summed E-state index contributed by atoms with van der Waals surface area (Å²) >= 11 is 6.00. The van der Waals surface area contributed by atoms with Gasteiger partial charge in [0.15, 0.2) is 0 Å². The van der Waals surface area contributed by atoms with Gasteiger partial charge in [0.1, 0.15) is 0 Å². The summed E-state index contributed by atoms with van der Waals surface area (Å²) in [5, 5.41) is 8.28. The van der Waals surface area contributed by atoms with Crippen LogP contribution in [0.1, 0.15) is 0 Å². The van der Waals surface area contributed by atoms with Gasteiger partial charge in [-0.25, -0.2) is 0 Å².